The first-order chi connectivity index (χ1) is 15.7. The molecular weight excluding hydrogens is 413 g/mol. The molecule has 2 aliphatic rings. The molecule has 2 fully saturated rings. The van der Waals surface area contributed by atoms with E-state index in [2.05, 4.69) is 14.9 Å². The molecular formula is C22H24FN7O2. The summed E-state index contributed by atoms with van der Waals surface area (Å²) in [6, 6.07) is 4.47. The zero-order valence-electron chi connectivity index (χ0n) is 17.6. The summed E-state index contributed by atoms with van der Waals surface area (Å²) >= 11 is 0. The first kappa shape index (κ1) is 19.4. The number of nitrogens with one attached hydrogen (secondary N) is 1. The molecule has 32 heavy (non-hydrogen) atoms. The summed E-state index contributed by atoms with van der Waals surface area (Å²) < 4.78 is 22.9. The number of halogens is 1. The summed E-state index contributed by atoms with van der Waals surface area (Å²) in [5.41, 5.74) is 2.29. The molecule has 6 rings (SSSR count). The lowest BCUT2D eigenvalue weighted by atomic mass is 10.1. The summed E-state index contributed by atoms with van der Waals surface area (Å²) in [6.07, 6.45) is 6.45. The zero-order chi connectivity index (χ0) is 21.7. The zero-order valence-corrected chi connectivity index (χ0v) is 17.6. The highest BCUT2D eigenvalue weighted by molar-refractivity contribution is 5.85. The maximum Gasteiger partial charge on any atom is 0.328 e. The molecule has 4 aromatic rings. The number of hydrogen-bond donors (Lipinski definition) is 1. The van der Waals surface area contributed by atoms with Crippen molar-refractivity contribution in [2.45, 2.75) is 38.1 Å². The van der Waals surface area contributed by atoms with Crippen LogP contribution in [-0.4, -0.2) is 55.4 Å². The first-order valence-corrected chi connectivity index (χ1v) is 11.2. The molecule has 0 radical (unpaired) electrons. The third-order valence-corrected chi connectivity index (χ3v) is 6.47. The molecule has 0 unspecified atom stereocenters. The normalized spacial score (nSPS) is 18.1. The fourth-order valence-corrected chi connectivity index (χ4v) is 4.84. The summed E-state index contributed by atoms with van der Waals surface area (Å²) in [5.74, 6) is 0.745. The average Bonchev–Trinajstić information content (AvgIpc) is 3.39. The predicted octanol–water partition coefficient (Wildman–Crippen LogP) is 2.94. The van der Waals surface area contributed by atoms with Crippen LogP contribution in [0.5, 0.6) is 0 Å². The maximum atomic E-state index is 14.0. The molecule has 9 nitrogen and oxygen atoms in total. The quantitative estimate of drug-likeness (QED) is 0.530. The van der Waals surface area contributed by atoms with E-state index in [-0.39, 0.29) is 17.5 Å². The number of rotatable bonds is 3. The second-order valence-corrected chi connectivity index (χ2v) is 8.48. The van der Waals surface area contributed by atoms with Gasteiger partial charge >= 0.3 is 5.69 Å². The number of nitrogens with zero attached hydrogens (tertiary/aromatic N) is 6. The van der Waals surface area contributed by atoms with Gasteiger partial charge in [0.05, 0.1) is 11.0 Å². The Bertz CT molecular complexity index is 1350. The Balaban J connectivity index is 1.59. The third kappa shape index (κ3) is 3.17. The second kappa shape index (κ2) is 7.70. The van der Waals surface area contributed by atoms with Crippen LogP contribution in [0, 0.1) is 5.82 Å². The molecule has 0 saturated carbocycles. The molecule has 2 aliphatic heterocycles. The Kier molecular flexibility index (Phi) is 4.67. The Morgan fingerprint density at radius 3 is 2.72 bits per heavy atom. The molecule has 3 aromatic heterocycles. The average molecular weight is 437 g/mol. The van der Waals surface area contributed by atoms with Gasteiger partial charge in [-0.3, -0.25) is 9.13 Å². The lowest BCUT2D eigenvalue weighted by Gasteiger charge is -2.28. The number of aromatic amines is 1. The van der Waals surface area contributed by atoms with Crippen molar-refractivity contribution < 1.29 is 9.13 Å². The van der Waals surface area contributed by atoms with E-state index in [1.54, 1.807) is 21.5 Å². The molecule has 0 atom stereocenters. The van der Waals surface area contributed by atoms with E-state index < -0.39 is 0 Å². The van der Waals surface area contributed by atoms with Crippen molar-refractivity contribution in [3.05, 3.63) is 40.8 Å². The number of imidazole rings is 2. The number of H-pyrrole nitrogens is 1. The standard InChI is InChI=1S/C22H24FN7O2/c23-14-4-5-16-17(12-14)29(13-24-16)21-26-19(28-8-2-1-3-9-28)18-20(27-21)30(22(31)25-18)15-6-10-32-11-7-15/h4-5,12-13,15H,1-3,6-11H2,(H,25,31). The van der Waals surface area contributed by atoms with Crippen LogP contribution in [-0.2, 0) is 4.74 Å². The molecule has 0 amide bonds. The van der Waals surface area contributed by atoms with Gasteiger partial charge in [-0.15, -0.1) is 0 Å². The van der Waals surface area contributed by atoms with E-state index in [1.165, 1.54) is 18.6 Å². The smallest absolute Gasteiger partial charge is 0.328 e. The minimum Gasteiger partial charge on any atom is -0.381 e. The summed E-state index contributed by atoms with van der Waals surface area (Å²) in [7, 11) is 0. The van der Waals surface area contributed by atoms with Crippen molar-refractivity contribution in [3.8, 4) is 5.95 Å². The van der Waals surface area contributed by atoms with E-state index >= 15 is 0 Å². The van der Waals surface area contributed by atoms with E-state index in [9.17, 15) is 9.18 Å². The highest BCUT2D eigenvalue weighted by Gasteiger charge is 2.26. The van der Waals surface area contributed by atoms with Crippen LogP contribution in [0.25, 0.3) is 28.1 Å². The molecule has 1 aromatic carbocycles. The van der Waals surface area contributed by atoms with Crippen LogP contribution in [0.4, 0.5) is 10.2 Å². The maximum absolute atomic E-state index is 14.0. The minimum atomic E-state index is -0.350. The van der Waals surface area contributed by atoms with Crippen molar-refractivity contribution in [2.24, 2.45) is 0 Å². The molecule has 0 bridgehead atoms. The SMILES string of the molecule is O=c1[nH]c2c(N3CCCCC3)nc(-n3cnc4ccc(F)cc43)nc2n1C1CCOCC1. The van der Waals surface area contributed by atoms with Crippen molar-refractivity contribution in [3.63, 3.8) is 0 Å². The highest BCUT2D eigenvalue weighted by Crippen LogP contribution is 2.30. The van der Waals surface area contributed by atoms with Crippen molar-refractivity contribution in [1.82, 2.24) is 29.1 Å². The van der Waals surface area contributed by atoms with Crippen molar-refractivity contribution >= 4 is 28.0 Å². The number of anilines is 1. The molecule has 10 heteroatoms. The minimum absolute atomic E-state index is 0.0129. The predicted molar refractivity (Wildman–Crippen MR) is 118 cm³/mol. The molecule has 2 saturated heterocycles. The van der Waals surface area contributed by atoms with Gasteiger partial charge in [-0.2, -0.15) is 9.97 Å². The highest BCUT2D eigenvalue weighted by atomic mass is 19.1. The van der Waals surface area contributed by atoms with Gasteiger partial charge in [0.2, 0.25) is 5.95 Å². The molecule has 1 N–H and O–H groups in total. The number of fused-ring (bicyclic) bond motifs is 2. The Morgan fingerprint density at radius 1 is 1.09 bits per heavy atom. The van der Waals surface area contributed by atoms with Gasteiger partial charge in [-0.05, 0) is 44.2 Å². The van der Waals surface area contributed by atoms with E-state index in [4.69, 9.17) is 14.7 Å². The Labute approximate surface area is 182 Å². The van der Waals surface area contributed by atoms with Crippen LogP contribution in [0.1, 0.15) is 38.1 Å². The fraction of sp³-hybridized carbons (Fsp3) is 0.455. The second-order valence-electron chi connectivity index (χ2n) is 8.48. The van der Waals surface area contributed by atoms with Crippen molar-refractivity contribution in [1.29, 1.82) is 0 Å². The van der Waals surface area contributed by atoms with Crippen LogP contribution in [0.2, 0.25) is 0 Å². The Hall–Kier alpha value is -3.27. The molecule has 0 spiro atoms. The van der Waals surface area contributed by atoms with Gasteiger partial charge in [0.25, 0.3) is 0 Å². The number of hydrogen-bond acceptors (Lipinski definition) is 6. The van der Waals surface area contributed by atoms with Crippen LogP contribution >= 0.6 is 0 Å². The fourth-order valence-electron chi connectivity index (χ4n) is 4.84. The van der Waals surface area contributed by atoms with Crippen LogP contribution < -0.4 is 10.6 Å². The summed E-state index contributed by atoms with van der Waals surface area (Å²) in [4.78, 5) is 32.3. The Morgan fingerprint density at radius 2 is 1.91 bits per heavy atom. The van der Waals surface area contributed by atoms with E-state index in [0.717, 1.165) is 38.8 Å². The van der Waals surface area contributed by atoms with Gasteiger partial charge in [0.1, 0.15) is 17.7 Å². The van der Waals surface area contributed by atoms with Gasteiger partial charge in [-0.25, -0.2) is 14.2 Å². The largest absolute Gasteiger partial charge is 0.381 e. The summed E-state index contributed by atoms with van der Waals surface area (Å²) in [6.45, 7) is 2.98. The van der Waals surface area contributed by atoms with Gasteiger partial charge < -0.3 is 14.6 Å². The lowest BCUT2D eigenvalue weighted by molar-refractivity contribution is 0.0697. The summed E-state index contributed by atoms with van der Waals surface area (Å²) in [5, 5.41) is 0. The van der Waals surface area contributed by atoms with E-state index in [0.29, 0.717) is 47.2 Å². The van der Waals surface area contributed by atoms with Gasteiger partial charge in [-0.1, -0.05) is 0 Å². The van der Waals surface area contributed by atoms with Crippen LogP contribution in [0.15, 0.2) is 29.3 Å². The molecule has 5 heterocycles. The van der Waals surface area contributed by atoms with E-state index in [1.807, 2.05) is 0 Å². The third-order valence-electron chi connectivity index (χ3n) is 6.47. The monoisotopic (exact) mass is 437 g/mol. The number of piperidine rings is 1. The van der Waals surface area contributed by atoms with Gasteiger partial charge in [0.15, 0.2) is 11.5 Å². The number of benzene rings is 1. The molecule has 0 aliphatic carbocycles. The topological polar surface area (TPSA) is 93.9 Å². The lowest BCUT2D eigenvalue weighted by Crippen LogP contribution is -2.31. The number of aromatic nitrogens is 6. The van der Waals surface area contributed by atoms with Gasteiger partial charge in [0, 0.05) is 38.4 Å². The van der Waals surface area contributed by atoms with Crippen molar-refractivity contribution in [2.75, 3.05) is 31.2 Å². The van der Waals surface area contributed by atoms with Crippen LogP contribution in [0.3, 0.4) is 0 Å². The first-order valence-electron chi connectivity index (χ1n) is 11.2. The molecule has 166 valence electrons. The number of ether oxygens (including phenoxy) is 1.